The fourth-order valence-electron chi connectivity index (χ4n) is 1.75. The number of carbonyl (C=O) groups excluding carboxylic acids is 1. The van der Waals surface area contributed by atoms with Crippen molar-refractivity contribution in [2.75, 3.05) is 12.8 Å². The van der Waals surface area contributed by atoms with E-state index in [1.165, 1.54) is 11.6 Å². The predicted octanol–water partition coefficient (Wildman–Crippen LogP) is 0.319. The van der Waals surface area contributed by atoms with Crippen molar-refractivity contribution >= 4 is 34.5 Å². The van der Waals surface area contributed by atoms with Crippen molar-refractivity contribution in [1.29, 1.82) is 0 Å². The number of benzene rings is 1. The van der Waals surface area contributed by atoms with Crippen molar-refractivity contribution in [1.82, 2.24) is 14.9 Å². The zero-order chi connectivity index (χ0) is 15.4. The number of likely N-dealkylation sites (N-methyl/N-ethyl adjacent to an activating group) is 1. The third kappa shape index (κ3) is 3.40. The van der Waals surface area contributed by atoms with Crippen LogP contribution in [-0.2, 0) is 16.1 Å². The van der Waals surface area contributed by atoms with Gasteiger partial charge in [0.1, 0.15) is 6.54 Å². The number of thioether (sulfide) groups is 1. The van der Waals surface area contributed by atoms with Crippen LogP contribution in [0.2, 0.25) is 0 Å². The zero-order valence-corrected chi connectivity index (χ0v) is 12.0. The number of carbonyl (C=O) groups is 2. The maximum absolute atomic E-state index is 12.4. The molecule has 2 aromatic rings. The van der Waals surface area contributed by atoms with E-state index in [2.05, 4.69) is 10.3 Å². The molecule has 110 valence electrons. The van der Waals surface area contributed by atoms with Crippen LogP contribution in [0.25, 0.3) is 10.9 Å². The summed E-state index contributed by atoms with van der Waals surface area (Å²) < 4.78 is 1.19. The van der Waals surface area contributed by atoms with Crippen molar-refractivity contribution in [3.8, 4) is 0 Å². The highest BCUT2D eigenvalue weighted by molar-refractivity contribution is 7.99. The van der Waals surface area contributed by atoms with Gasteiger partial charge in [0.15, 0.2) is 5.16 Å². The summed E-state index contributed by atoms with van der Waals surface area (Å²) in [5.74, 6) is -1.61. The van der Waals surface area contributed by atoms with Gasteiger partial charge in [-0.05, 0) is 12.1 Å². The molecule has 0 bridgehead atoms. The molecular weight excluding hydrogens is 294 g/mol. The molecule has 0 aliphatic rings. The summed E-state index contributed by atoms with van der Waals surface area (Å²) in [6.07, 6.45) is 0. The number of nitrogens with one attached hydrogen (secondary N) is 1. The number of para-hydroxylation sites is 1. The number of aromatic nitrogens is 2. The van der Waals surface area contributed by atoms with Gasteiger partial charge in [-0.25, -0.2) is 4.98 Å². The highest BCUT2D eigenvalue weighted by atomic mass is 32.2. The Labute approximate surface area is 124 Å². The van der Waals surface area contributed by atoms with Gasteiger partial charge in [-0.1, -0.05) is 23.9 Å². The van der Waals surface area contributed by atoms with E-state index in [4.69, 9.17) is 5.11 Å². The van der Waals surface area contributed by atoms with Gasteiger partial charge in [-0.2, -0.15) is 0 Å². The second-order valence-corrected chi connectivity index (χ2v) is 5.10. The standard InChI is InChI=1S/C13H13N3O4S/c1-14-10(17)6-16-12(20)8-4-2-3-5-9(8)15-13(16)21-7-11(18)19/h2-5H,6-7H2,1H3,(H,14,17)(H,18,19). The Morgan fingerprint density at radius 1 is 1.38 bits per heavy atom. The van der Waals surface area contributed by atoms with Gasteiger partial charge in [-0.15, -0.1) is 0 Å². The Kier molecular flexibility index (Phi) is 4.59. The minimum Gasteiger partial charge on any atom is -0.481 e. The van der Waals surface area contributed by atoms with Crippen LogP contribution in [0.4, 0.5) is 0 Å². The smallest absolute Gasteiger partial charge is 0.313 e. The zero-order valence-electron chi connectivity index (χ0n) is 11.2. The molecule has 0 aliphatic carbocycles. The molecule has 8 heteroatoms. The number of fused-ring (bicyclic) bond motifs is 1. The van der Waals surface area contributed by atoms with Crippen molar-refractivity contribution in [2.24, 2.45) is 0 Å². The third-order valence-corrected chi connectivity index (χ3v) is 3.69. The molecule has 1 heterocycles. The fraction of sp³-hybridized carbons (Fsp3) is 0.231. The van der Waals surface area contributed by atoms with Crippen LogP contribution in [0.1, 0.15) is 0 Å². The molecule has 0 saturated carbocycles. The van der Waals surface area contributed by atoms with Crippen LogP contribution in [0.15, 0.2) is 34.2 Å². The third-order valence-electron chi connectivity index (χ3n) is 2.73. The summed E-state index contributed by atoms with van der Waals surface area (Å²) in [7, 11) is 1.46. The second kappa shape index (κ2) is 6.40. The van der Waals surface area contributed by atoms with Crippen LogP contribution in [-0.4, -0.2) is 39.3 Å². The molecule has 1 aromatic heterocycles. The van der Waals surface area contributed by atoms with Gasteiger partial charge in [0, 0.05) is 7.05 Å². The van der Waals surface area contributed by atoms with E-state index in [1.54, 1.807) is 24.3 Å². The highest BCUT2D eigenvalue weighted by Gasteiger charge is 2.14. The lowest BCUT2D eigenvalue weighted by molar-refractivity contribution is -0.133. The molecule has 0 unspecified atom stereocenters. The van der Waals surface area contributed by atoms with Crippen LogP contribution in [0.3, 0.4) is 0 Å². The van der Waals surface area contributed by atoms with Gasteiger partial charge in [0.2, 0.25) is 5.91 Å². The van der Waals surface area contributed by atoms with E-state index >= 15 is 0 Å². The predicted molar refractivity (Wildman–Crippen MR) is 78.4 cm³/mol. The molecule has 21 heavy (non-hydrogen) atoms. The first-order chi connectivity index (χ1) is 10.0. The monoisotopic (exact) mass is 307 g/mol. The van der Waals surface area contributed by atoms with E-state index in [0.717, 1.165) is 11.8 Å². The summed E-state index contributed by atoms with van der Waals surface area (Å²) >= 11 is 0.909. The van der Waals surface area contributed by atoms with Crippen molar-refractivity contribution < 1.29 is 14.7 Å². The lowest BCUT2D eigenvalue weighted by atomic mass is 10.2. The van der Waals surface area contributed by atoms with Gasteiger partial charge in [0.05, 0.1) is 16.7 Å². The first kappa shape index (κ1) is 15.0. The number of carboxylic acid groups (broad SMARTS) is 1. The van der Waals surface area contributed by atoms with E-state index in [-0.39, 0.29) is 28.9 Å². The first-order valence-electron chi connectivity index (χ1n) is 6.07. The molecule has 0 radical (unpaired) electrons. The Hall–Kier alpha value is -2.35. The highest BCUT2D eigenvalue weighted by Crippen LogP contribution is 2.17. The number of hydrogen-bond acceptors (Lipinski definition) is 5. The van der Waals surface area contributed by atoms with Gasteiger partial charge in [-0.3, -0.25) is 19.0 Å². The number of hydrogen-bond donors (Lipinski definition) is 2. The number of aliphatic carboxylic acids is 1. The number of rotatable bonds is 5. The Bertz CT molecular complexity index is 757. The van der Waals surface area contributed by atoms with Crippen molar-refractivity contribution in [3.05, 3.63) is 34.6 Å². The van der Waals surface area contributed by atoms with Crippen molar-refractivity contribution in [2.45, 2.75) is 11.7 Å². The summed E-state index contributed by atoms with van der Waals surface area (Å²) in [6, 6.07) is 6.74. The lowest BCUT2D eigenvalue weighted by Gasteiger charge is -2.11. The average molecular weight is 307 g/mol. The molecule has 0 spiro atoms. The molecule has 1 aromatic carbocycles. The number of amides is 1. The molecule has 7 nitrogen and oxygen atoms in total. The van der Waals surface area contributed by atoms with E-state index in [0.29, 0.717) is 10.9 Å². The summed E-state index contributed by atoms with van der Waals surface area (Å²) in [5.41, 5.74) is 0.112. The summed E-state index contributed by atoms with van der Waals surface area (Å²) in [6.45, 7) is -0.199. The summed E-state index contributed by atoms with van der Waals surface area (Å²) in [5, 5.41) is 11.8. The normalized spacial score (nSPS) is 10.5. The van der Waals surface area contributed by atoms with Gasteiger partial charge < -0.3 is 10.4 Å². The maximum Gasteiger partial charge on any atom is 0.313 e. The van der Waals surface area contributed by atoms with Gasteiger partial charge in [0.25, 0.3) is 5.56 Å². The quantitative estimate of drug-likeness (QED) is 0.609. The molecule has 0 fully saturated rings. The van der Waals surface area contributed by atoms with Gasteiger partial charge >= 0.3 is 5.97 Å². The average Bonchev–Trinajstić information content (AvgIpc) is 2.48. The fourth-order valence-corrected chi connectivity index (χ4v) is 2.46. The molecule has 2 rings (SSSR count). The van der Waals surface area contributed by atoms with Crippen LogP contribution in [0, 0.1) is 0 Å². The van der Waals surface area contributed by atoms with E-state index < -0.39 is 5.97 Å². The molecule has 0 atom stereocenters. The minimum atomic E-state index is -1.02. The minimum absolute atomic E-state index is 0.199. The molecule has 1 amide bonds. The number of nitrogens with zero attached hydrogens (tertiary/aromatic N) is 2. The lowest BCUT2D eigenvalue weighted by Crippen LogP contribution is -2.32. The van der Waals surface area contributed by atoms with Crippen molar-refractivity contribution in [3.63, 3.8) is 0 Å². The largest absolute Gasteiger partial charge is 0.481 e. The summed E-state index contributed by atoms with van der Waals surface area (Å²) in [4.78, 5) is 38.9. The van der Waals surface area contributed by atoms with E-state index in [1.807, 2.05) is 0 Å². The van der Waals surface area contributed by atoms with Crippen LogP contribution in [0.5, 0.6) is 0 Å². The molecule has 0 saturated heterocycles. The Morgan fingerprint density at radius 2 is 2.10 bits per heavy atom. The molecule has 0 aliphatic heterocycles. The second-order valence-electron chi connectivity index (χ2n) is 4.16. The molecule has 2 N–H and O–H groups in total. The Balaban J connectivity index is 2.56. The van der Waals surface area contributed by atoms with E-state index in [9.17, 15) is 14.4 Å². The Morgan fingerprint density at radius 3 is 2.76 bits per heavy atom. The number of carboxylic acids is 1. The molecular formula is C13H13N3O4S. The first-order valence-corrected chi connectivity index (χ1v) is 7.06. The van der Waals surface area contributed by atoms with Crippen LogP contribution >= 0.6 is 11.8 Å². The SMILES string of the molecule is CNC(=O)Cn1c(SCC(=O)O)nc2ccccc2c1=O. The maximum atomic E-state index is 12.4. The topological polar surface area (TPSA) is 101 Å². The van der Waals surface area contributed by atoms with Crippen LogP contribution < -0.4 is 10.9 Å².